The Morgan fingerprint density at radius 2 is 1.71 bits per heavy atom. The Morgan fingerprint density at radius 1 is 1.03 bits per heavy atom. The van der Waals surface area contributed by atoms with E-state index in [9.17, 15) is 9.59 Å². The molecular weight excluding hydrogens is 459 g/mol. The van der Waals surface area contributed by atoms with Crippen molar-refractivity contribution in [3.63, 3.8) is 0 Å². The lowest BCUT2D eigenvalue weighted by atomic mass is 10.1. The van der Waals surface area contributed by atoms with Gasteiger partial charge in [-0.3, -0.25) is 9.59 Å². The molecule has 8 heteroatoms. The molecule has 2 aromatic rings. The smallest absolute Gasteiger partial charge is 0.261 e. The van der Waals surface area contributed by atoms with Crippen LogP contribution in [0.4, 0.5) is 0 Å². The van der Waals surface area contributed by atoms with E-state index in [0.717, 1.165) is 5.56 Å². The van der Waals surface area contributed by atoms with Gasteiger partial charge in [-0.05, 0) is 57.0 Å². The van der Waals surface area contributed by atoms with Crippen molar-refractivity contribution in [3.8, 4) is 5.75 Å². The van der Waals surface area contributed by atoms with Crippen LogP contribution >= 0.6 is 34.8 Å². The summed E-state index contributed by atoms with van der Waals surface area (Å²) in [5, 5.41) is 4.16. The van der Waals surface area contributed by atoms with Gasteiger partial charge in [0.1, 0.15) is 11.8 Å². The third-order valence-corrected chi connectivity index (χ3v) is 5.46. The lowest BCUT2D eigenvalue weighted by Crippen LogP contribution is -2.54. The lowest BCUT2D eigenvalue weighted by Gasteiger charge is -2.33. The van der Waals surface area contributed by atoms with Gasteiger partial charge < -0.3 is 15.0 Å². The number of nitrogens with zero attached hydrogens (tertiary/aromatic N) is 1. The molecule has 5 nitrogen and oxygen atoms in total. The molecule has 0 aliphatic heterocycles. The number of hydrogen-bond donors (Lipinski definition) is 1. The highest BCUT2D eigenvalue weighted by Gasteiger charge is 2.31. The third kappa shape index (κ3) is 7.60. The second-order valence-corrected chi connectivity index (χ2v) is 9.37. The zero-order chi connectivity index (χ0) is 23.2. The van der Waals surface area contributed by atoms with Crippen LogP contribution in [0, 0.1) is 0 Å². The number of benzene rings is 2. The molecule has 2 rings (SSSR count). The number of nitrogens with one attached hydrogen (secondary N) is 1. The molecule has 0 radical (unpaired) electrons. The highest BCUT2D eigenvalue weighted by Crippen LogP contribution is 2.25. The maximum Gasteiger partial charge on any atom is 0.261 e. The fourth-order valence-electron chi connectivity index (χ4n) is 2.99. The van der Waals surface area contributed by atoms with Crippen LogP contribution in [-0.4, -0.2) is 34.9 Å². The van der Waals surface area contributed by atoms with E-state index in [0.29, 0.717) is 27.2 Å². The van der Waals surface area contributed by atoms with Crippen LogP contribution in [0.1, 0.15) is 39.7 Å². The van der Waals surface area contributed by atoms with Gasteiger partial charge >= 0.3 is 0 Å². The van der Waals surface area contributed by atoms with E-state index < -0.39 is 11.6 Å². The zero-order valence-electron chi connectivity index (χ0n) is 18.0. The monoisotopic (exact) mass is 484 g/mol. The lowest BCUT2D eigenvalue weighted by molar-refractivity contribution is -0.143. The van der Waals surface area contributed by atoms with Crippen LogP contribution in [0.3, 0.4) is 0 Å². The molecule has 0 aromatic heterocycles. The molecule has 0 bridgehead atoms. The molecule has 0 aliphatic carbocycles. The van der Waals surface area contributed by atoms with Crippen molar-refractivity contribution in [2.45, 2.75) is 52.2 Å². The van der Waals surface area contributed by atoms with Crippen molar-refractivity contribution in [1.29, 1.82) is 0 Å². The third-order valence-electron chi connectivity index (χ3n) is 4.41. The molecule has 0 fully saturated rings. The molecule has 0 heterocycles. The fraction of sp³-hybridized carbons (Fsp3) is 0.391. The van der Waals surface area contributed by atoms with Crippen LogP contribution in [0.2, 0.25) is 15.1 Å². The average Bonchev–Trinajstić information content (AvgIpc) is 2.68. The Morgan fingerprint density at radius 3 is 2.29 bits per heavy atom. The van der Waals surface area contributed by atoms with Crippen LogP contribution in [-0.2, 0) is 16.1 Å². The van der Waals surface area contributed by atoms with Gasteiger partial charge in [-0.2, -0.15) is 0 Å². The summed E-state index contributed by atoms with van der Waals surface area (Å²) in [6.07, 6.45) is 0.432. The van der Waals surface area contributed by atoms with E-state index in [1.54, 1.807) is 42.5 Å². The average molecular weight is 486 g/mol. The fourth-order valence-corrected chi connectivity index (χ4v) is 3.50. The van der Waals surface area contributed by atoms with Gasteiger partial charge in [-0.1, -0.05) is 59.9 Å². The second-order valence-electron chi connectivity index (χ2n) is 8.15. The molecular formula is C23H27Cl3N2O3. The van der Waals surface area contributed by atoms with Gasteiger partial charge in [-0.25, -0.2) is 0 Å². The quantitative estimate of drug-likeness (QED) is 0.518. The Balaban J connectivity index is 2.28. The highest BCUT2D eigenvalue weighted by molar-refractivity contribution is 6.42. The molecule has 0 aliphatic rings. The van der Waals surface area contributed by atoms with Crippen molar-refractivity contribution < 1.29 is 14.3 Å². The predicted molar refractivity (Wildman–Crippen MR) is 126 cm³/mol. The molecule has 168 valence electrons. The first-order valence-corrected chi connectivity index (χ1v) is 11.1. The summed E-state index contributed by atoms with van der Waals surface area (Å²) in [4.78, 5) is 27.6. The van der Waals surface area contributed by atoms with Crippen molar-refractivity contribution in [3.05, 3.63) is 63.1 Å². The largest absolute Gasteiger partial charge is 0.482 e. The van der Waals surface area contributed by atoms with Crippen molar-refractivity contribution >= 4 is 46.6 Å². The van der Waals surface area contributed by atoms with E-state index in [1.807, 2.05) is 27.7 Å². The summed E-state index contributed by atoms with van der Waals surface area (Å²) in [6, 6.07) is 11.4. The minimum Gasteiger partial charge on any atom is -0.482 e. The van der Waals surface area contributed by atoms with Gasteiger partial charge in [0.15, 0.2) is 6.61 Å². The second kappa shape index (κ2) is 11.1. The minimum absolute atomic E-state index is 0.178. The molecule has 1 atom stereocenters. The van der Waals surface area contributed by atoms with E-state index in [4.69, 9.17) is 39.5 Å². The molecule has 2 amide bonds. The first-order valence-electron chi connectivity index (χ1n) is 9.94. The molecule has 1 N–H and O–H groups in total. The predicted octanol–water partition coefficient (Wildman–Crippen LogP) is 5.75. The summed E-state index contributed by atoms with van der Waals surface area (Å²) < 4.78 is 5.63. The summed E-state index contributed by atoms with van der Waals surface area (Å²) in [5.41, 5.74) is 0.319. The maximum atomic E-state index is 13.2. The first-order chi connectivity index (χ1) is 14.5. The van der Waals surface area contributed by atoms with E-state index in [2.05, 4.69) is 5.32 Å². The molecule has 0 saturated carbocycles. The summed E-state index contributed by atoms with van der Waals surface area (Å²) in [5.74, 6) is -0.178. The molecule has 0 spiro atoms. The van der Waals surface area contributed by atoms with Crippen LogP contribution in [0.15, 0.2) is 42.5 Å². The van der Waals surface area contributed by atoms with E-state index >= 15 is 0 Å². The van der Waals surface area contributed by atoms with Gasteiger partial charge in [0.05, 0.1) is 15.1 Å². The topological polar surface area (TPSA) is 58.6 Å². The number of amides is 2. The Labute approximate surface area is 198 Å². The molecule has 2 aromatic carbocycles. The zero-order valence-corrected chi connectivity index (χ0v) is 20.3. The van der Waals surface area contributed by atoms with Gasteiger partial charge in [0.25, 0.3) is 5.91 Å². The number of halogens is 3. The summed E-state index contributed by atoms with van der Waals surface area (Å²) in [6.45, 7) is 7.45. The van der Waals surface area contributed by atoms with Gasteiger partial charge in [0.2, 0.25) is 5.91 Å². The number of rotatable bonds is 8. The van der Waals surface area contributed by atoms with Crippen molar-refractivity contribution in [2.24, 2.45) is 0 Å². The standard InChI is InChI=1S/C23H27Cl3N2O3/c1-5-19(22(30)27-23(2,3)4)28(13-15-10-11-16(24)18(26)12-15)21(29)14-31-20-9-7-6-8-17(20)25/h6-12,19H,5,13-14H2,1-4H3,(H,27,30)/t19-/m1/s1. The summed E-state index contributed by atoms with van der Waals surface area (Å²) in [7, 11) is 0. The van der Waals surface area contributed by atoms with Gasteiger partial charge in [0, 0.05) is 12.1 Å². The maximum absolute atomic E-state index is 13.2. The molecule has 0 saturated heterocycles. The molecule has 31 heavy (non-hydrogen) atoms. The number of carbonyl (C=O) groups excluding carboxylic acids is 2. The number of hydrogen-bond acceptors (Lipinski definition) is 3. The van der Waals surface area contributed by atoms with Crippen LogP contribution in [0.5, 0.6) is 5.75 Å². The normalized spacial score (nSPS) is 12.2. The number of ether oxygens (including phenoxy) is 1. The Bertz CT molecular complexity index is 929. The number of carbonyl (C=O) groups is 2. The van der Waals surface area contributed by atoms with Crippen molar-refractivity contribution in [2.75, 3.05) is 6.61 Å². The van der Waals surface area contributed by atoms with E-state index in [1.165, 1.54) is 4.90 Å². The Kier molecular flexibility index (Phi) is 9.04. The Hall–Kier alpha value is -1.95. The van der Waals surface area contributed by atoms with Crippen molar-refractivity contribution in [1.82, 2.24) is 10.2 Å². The van der Waals surface area contributed by atoms with E-state index in [-0.39, 0.29) is 25.0 Å². The SMILES string of the molecule is CC[C@H](C(=O)NC(C)(C)C)N(Cc1ccc(Cl)c(Cl)c1)C(=O)COc1ccccc1Cl. The highest BCUT2D eigenvalue weighted by atomic mass is 35.5. The van der Waals surface area contributed by atoms with Crippen LogP contribution < -0.4 is 10.1 Å². The summed E-state index contributed by atoms with van der Waals surface area (Å²) >= 11 is 18.3. The number of para-hydroxylation sites is 1. The molecule has 0 unspecified atom stereocenters. The minimum atomic E-state index is -0.684. The first kappa shape index (κ1) is 25.3. The van der Waals surface area contributed by atoms with Crippen LogP contribution in [0.25, 0.3) is 0 Å². The van der Waals surface area contributed by atoms with Gasteiger partial charge in [-0.15, -0.1) is 0 Å².